The summed E-state index contributed by atoms with van der Waals surface area (Å²) in [5, 5.41) is 6.61. The first-order valence-electron chi connectivity index (χ1n) is 8.50. The lowest BCUT2D eigenvalue weighted by atomic mass is 10.1. The van der Waals surface area contributed by atoms with Crippen molar-refractivity contribution >= 4 is 41.7 Å². The normalized spacial score (nSPS) is 11.4. The minimum Gasteiger partial charge on any atom is -0.357 e. The first kappa shape index (κ1) is 24.5. The first-order chi connectivity index (χ1) is 11.6. The Bertz CT molecular complexity index is 512. The Morgan fingerprint density at radius 1 is 1.24 bits per heavy atom. The Balaban J connectivity index is 0.00000576. The van der Waals surface area contributed by atoms with E-state index in [2.05, 4.69) is 28.8 Å². The molecule has 0 amide bonds. The van der Waals surface area contributed by atoms with Gasteiger partial charge in [-0.05, 0) is 63.6 Å². The van der Waals surface area contributed by atoms with E-state index in [0.29, 0.717) is 18.7 Å². The van der Waals surface area contributed by atoms with Gasteiger partial charge in [0.05, 0.1) is 6.54 Å². The second kappa shape index (κ2) is 14.6. The number of guanidine groups is 1. The number of aliphatic imine (C=N–C) groups is 1. The van der Waals surface area contributed by atoms with E-state index in [1.165, 1.54) is 18.2 Å². The van der Waals surface area contributed by atoms with Crippen LogP contribution in [0.5, 0.6) is 0 Å². The fourth-order valence-electron chi connectivity index (χ4n) is 2.28. The Morgan fingerprint density at radius 2 is 2.00 bits per heavy atom. The Kier molecular flexibility index (Phi) is 14.3. The Labute approximate surface area is 173 Å². The van der Waals surface area contributed by atoms with Gasteiger partial charge in [-0.25, -0.2) is 9.38 Å². The summed E-state index contributed by atoms with van der Waals surface area (Å²) in [4.78, 5) is 6.57. The molecule has 0 saturated heterocycles. The zero-order valence-corrected chi connectivity index (χ0v) is 18.9. The maximum absolute atomic E-state index is 13.8. The fourth-order valence-corrected chi connectivity index (χ4v) is 2.77. The Hall–Kier alpha value is -0.540. The van der Waals surface area contributed by atoms with Crippen molar-refractivity contribution in [2.75, 3.05) is 39.2 Å². The number of thioether (sulfide) groups is 1. The average molecular weight is 482 g/mol. The van der Waals surface area contributed by atoms with E-state index >= 15 is 0 Å². The largest absolute Gasteiger partial charge is 0.357 e. The van der Waals surface area contributed by atoms with Crippen LogP contribution in [0, 0.1) is 5.82 Å². The van der Waals surface area contributed by atoms with Crippen LogP contribution in [0.4, 0.5) is 4.39 Å². The number of rotatable bonds is 10. The van der Waals surface area contributed by atoms with Gasteiger partial charge in [-0.1, -0.05) is 6.07 Å². The zero-order valence-electron chi connectivity index (χ0n) is 15.8. The standard InChI is InChI=1S/C18H31FN4S.HI/c1-5-20-18(21-10-6-7-11-24-4)22-13-15-8-9-17(19)16(12-15)14-23(2)3;/h8-9,12H,5-7,10-11,13-14H2,1-4H3,(H2,20,21,22);1H. The predicted octanol–water partition coefficient (Wildman–Crippen LogP) is 3.70. The maximum Gasteiger partial charge on any atom is 0.191 e. The van der Waals surface area contributed by atoms with E-state index in [9.17, 15) is 4.39 Å². The zero-order chi connectivity index (χ0) is 17.8. The monoisotopic (exact) mass is 482 g/mol. The van der Waals surface area contributed by atoms with E-state index in [-0.39, 0.29) is 29.8 Å². The number of hydrogen-bond donors (Lipinski definition) is 2. The van der Waals surface area contributed by atoms with Crippen molar-refractivity contribution in [3.63, 3.8) is 0 Å². The Morgan fingerprint density at radius 3 is 2.64 bits per heavy atom. The highest BCUT2D eigenvalue weighted by Gasteiger charge is 2.05. The summed E-state index contributed by atoms with van der Waals surface area (Å²) >= 11 is 1.88. The van der Waals surface area contributed by atoms with Crippen molar-refractivity contribution in [2.45, 2.75) is 32.9 Å². The predicted molar refractivity (Wildman–Crippen MR) is 120 cm³/mol. The molecule has 7 heteroatoms. The van der Waals surface area contributed by atoms with Crippen molar-refractivity contribution in [2.24, 2.45) is 4.99 Å². The molecule has 1 aromatic rings. The minimum atomic E-state index is -0.157. The number of unbranched alkanes of at least 4 members (excludes halogenated alkanes) is 1. The molecule has 0 fully saturated rings. The van der Waals surface area contributed by atoms with E-state index < -0.39 is 0 Å². The number of benzene rings is 1. The van der Waals surface area contributed by atoms with E-state index in [1.807, 2.05) is 36.8 Å². The molecule has 0 spiro atoms. The SMILES string of the molecule is CCNC(=NCc1ccc(F)c(CN(C)C)c1)NCCCCSC.I. The highest BCUT2D eigenvalue weighted by atomic mass is 127. The van der Waals surface area contributed by atoms with Crippen molar-refractivity contribution in [1.82, 2.24) is 15.5 Å². The van der Waals surface area contributed by atoms with Crippen molar-refractivity contribution in [3.05, 3.63) is 35.1 Å². The van der Waals surface area contributed by atoms with Crippen LogP contribution in [0.1, 0.15) is 30.9 Å². The highest BCUT2D eigenvalue weighted by Crippen LogP contribution is 2.13. The maximum atomic E-state index is 13.8. The molecule has 144 valence electrons. The molecular weight excluding hydrogens is 450 g/mol. The third kappa shape index (κ3) is 10.9. The van der Waals surface area contributed by atoms with Gasteiger partial charge in [0.25, 0.3) is 0 Å². The third-order valence-corrected chi connectivity index (χ3v) is 4.13. The first-order valence-corrected chi connectivity index (χ1v) is 9.89. The van der Waals surface area contributed by atoms with Gasteiger partial charge >= 0.3 is 0 Å². The van der Waals surface area contributed by atoms with Gasteiger partial charge in [0, 0.05) is 25.2 Å². The van der Waals surface area contributed by atoms with Crippen LogP contribution in [0.25, 0.3) is 0 Å². The topological polar surface area (TPSA) is 39.7 Å². The average Bonchev–Trinajstić information content (AvgIpc) is 2.54. The molecule has 0 aliphatic heterocycles. The number of halogens is 2. The van der Waals surface area contributed by atoms with Gasteiger partial charge in [0.2, 0.25) is 0 Å². The van der Waals surface area contributed by atoms with E-state index in [1.54, 1.807) is 6.07 Å². The van der Waals surface area contributed by atoms with Gasteiger partial charge < -0.3 is 15.5 Å². The lowest BCUT2D eigenvalue weighted by molar-refractivity contribution is 0.392. The van der Waals surface area contributed by atoms with Gasteiger partial charge in [-0.2, -0.15) is 11.8 Å². The van der Waals surface area contributed by atoms with Crippen LogP contribution in [0.2, 0.25) is 0 Å². The third-order valence-electron chi connectivity index (χ3n) is 3.43. The van der Waals surface area contributed by atoms with Crippen LogP contribution in [0.15, 0.2) is 23.2 Å². The van der Waals surface area contributed by atoms with Gasteiger partial charge in [-0.15, -0.1) is 24.0 Å². The van der Waals surface area contributed by atoms with Gasteiger partial charge in [-0.3, -0.25) is 0 Å². The molecule has 0 aromatic heterocycles. The molecule has 25 heavy (non-hydrogen) atoms. The van der Waals surface area contributed by atoms with Crippen LogP contribution in [0.3, 0.4) is 0 Å². The van der Waals surface area contributed by atoms with Crippen LogP contribution >= 0.6 is 35.7 Å². The van der Waals surface area contributed by atoms with Crippen LogP contribution in [-0.2, 0) is 13.1 Å². The smallest absolute Gasteiger partial charge is 0.191 e. The molecule has 0 unspecified atom stereocenters. The van der Waals surface area contributed by atoms with Crippen LogP contribution in [-0.4, -0.2) is 50.1 Å². The molecule has 0 radical (unpaired) electrons. The van der Waals surface area contributed by atoms with E-state index in [0.717, 1.165) is 31.0 Å². The number of nitrogens with zero attached hydrogens (tertiary/aromatic N) is 2. The molecular formula is C18H32FIN4S. The lowest BCUT2D eigenvalue weighted by Gasteiger charge is -2.13. The molecule has 0 aliphatic rings. The lowest BCUT2D eigenvalue weighted by Crippen LogP contribution is -2.37. The quantitative estimate of drug-likeness (QED) is 0.231. The van der Waals surface area contributed by atoms with Gasteiger partial charge in [0.15, 0.2) is 5.96 Å². The molecule has 0 heterocycles. The van der Waals surface area contributed by atoms with Crippen molar-refractivity contribution < 1.29 is 4.39 Å². The molecule has 0 atom stereocenters. The van der Waals surface area contributed by atoms with Crippen LogP contribution < -0.4 is 10.6 Å². The summed E-state index contributed by atoms with van der Waals surface area (Å²) in [5.41, 5.74) is 1.73. The summed E-state index contributed by atoms with van der Waals surface area (Å²) in [6.45, 7) is 4.93. The molecule has 1 aromatic carbocycles. The molecule has 4 nitrogen and oxygen atoms in total. The molecule has 0 aliphatic carbocycles. The molecule has 0 saturated carbocycles. The number of nitrogens with one attached hydrogen (secondary N) is 2. The summed E-state index contributed by atoms with van der Waals surface area (Å²) in [5.74, 6) is 1.86. The molecule has 0 bridgehead atoms. The van der Waals surface area contributed by atoms with Crippen molar-refractivity contribution in [3.8, 4) is 0 Å². The molecule has 1 rings (SSSR count). The number of hydrogen-bond acceptors (Lipinski definition) is 3. The molecule has 2 N–H and O–H groups in total. The van der Waals surface area contributed by atoms with Crippen molar-refractivity contribution in [1.29, 1.82) is 0 Å². The summed E-state index contributed by atoms with van der Waals surface area (Å²) < 4.78 is 13.8. The highest BCUT2D eigenvalue weighted by molar-refractivity contribution is 14.0. The second-order valence-electron chi connectivity index (χ2n) is 5.99. The summed E-state index contributed by atoms with van der Waals surface area (Å²) in [6.07, 6.45) is 4.47. The fraction of sp³-hybridized carbons (Fsp3) is 0.611. The summed E-state index contributed by atoms with van der Waals surface area (Å²) in [6, 6.07) is 5.24. The second-order valence-corrected chi connectivity index (χ2v) is 6.97. The summed E-state index contributed by atoms with van der Waals surface area (Å²) in [7, 11) is 3.88. The van der Waals surface area contributed by atoms with Gasteiger partial charge in [0.1, 0.15) is 5.82 Å². The minimum absolute atomic E-state index is 0. The van der Waals surface area contributed by atoms with E-state index in [4.69, 9.17) is 0 Å².